The molecule has 1 N–H and O–H groups in total. The standard InChI is InChI=1S/C16H22ClNO2/c1-19-10-9-18-12-13-11-14(17)7-8-16(13)20-15-5-3-2-4-6-15/h3,5,7-8,11,15,18H,2,4,6,9-10,12H2,1H3. The Morgan fingerprint density at radius 1 is 1.40 bits per heavy atom. The third-order valence-corrected chi connectivity index (χ3v) is 3.54. The first-order chi connectivity index (χ1) is 9.79. The quantitative estimate of drug-likeness (QED) is 0.616. The Balaban J connectivity index is 1.99. The molecule has 0 saturated heterocycles. The lowest BCUT2D eigenvalue weighted by atomic mass is 10.1. The van der Waals surface area contributed by atoms with E-state index in [0.717, 1.165) is 42.3 Å². The molecule has 0 saturated carbocycles. The van der Waals surface area contributed by atoms with E-state index in [2.05, 4.69) is 17.5 Å². The number of allylic oxidation sites excluding steroid dienone is 1. The van der Waals surface area contributed by atoms with Crippen LogP contribution in [0.5, 0.6) is 5.75 Å². The molecule has 0 radical (unpaired) electrons. The summed E-state index contributed by atoms with van der Waals surface area (Å²) in [6.07, 6.45) is 7.96. The minimum Gasteiger partial charge on any atom is -0.486 e. The molecule has 0 aliphatic heterocycles. The Bertz CT molecular complexity index is 448. The van der Waals surface area contributed by atoms with E-state index in [1.54, 1.807) is 7.11 Å². The van der Waals surface area contributed by atoms with Crippen molar-refractivity contribution >= 4 is 11.6 Å². The molecule has 1 aromatic carbocycles. The predicted octanol–water partition coefficient (Wildman–Crippen LogP) is 3.56. The van der Waals surface area contributed by atoms with Crippen LogP contribution in [0.3, 0.4) is 0 Å². The minimum atomic E-state index is 0.183. The van der Waals surface area contributed by atoms with Gasteiger partial charge in [-0.1, -0.05) is 17.7 Å². The number of rotatable bonds is 7. The van der Waals surface area contributed by atoms with Gasteiger partial charge in [0.2, 0.25) is 0 Å². The van der Waals surface area contributed by atoms with Gasteiger partial charge in [-0.15, -0.1) is 0 Å². The Morgan fingerprint density at radius 2 is 2.30 bits per heavy atom. The minimum absolute atomic E-state index is 0.183. The zero-order valence-electron chi connectivity index (χ0n) is 11.9. The maximum atomic E-state index is 6.08. The zero-order chi connectivity index (χ0) is 14.2. The Hall–Kier alpha value is -1.03. The van der Waals surface area contributed by atoms with Crippen molar-refractivity contribution in [1.82, 2.24) is 5.32 Å². The number of nitrogens with one attached hydrogen (secondary N) is 1. The van der Waals surface area contributed by atoms with E-state index in [4.69, 9.17) is 21.1 Å². The molecule has 2 rings (SSSR count). The maximum Gasteiger partial charge on any atom is 0.124 e. The lowest BCUT2D eigenvalue weighted by molar-refractivity contribution is 0.198. The largest absolute Gasteiger partial charge is 0.486 e. The van der Waals surface area contributed by atoms with Gasteiger partial charge in [-0.25, -0.2) is 0 Å². The molecule has 0 spiro atoms. The van der Waals surface area contributed by atoms with Gasteiger partial charge in [-0.3, -0.25) is 0 Å². The average Bonchev–Trinajstić information content (AvgIpc) is 2.47. The Kier molecular flexibility index (Phi) is 6.37. The van der Waals surface area contributed by atoms with Gasteiger partial charge >= 0.3 is 0 Å². The van der Waals surface area contributed by atoms with Crippen molar-refractivity contribution in [3.05, 3.63) is 40.9 Å². The van der Waals surface area contributed by atoms with Gasteiger partial charge in [0.25, 0.3) is 0 Å². The van der Waals surface area contributed by atoms with Crippen LogP contribution < -0.4 is 10.1 Å². The van der Waals surface area contributed by atoms with Gasteiger partial charge in [0, 0.05) is 30.8 Å². The van der Waals surface area contributed by atoms with Gasteiger partial charge in [0.15, 0.2) is 0 Å². The third-order valence-electron chi connectivity index (χ3n) is 3.31. The number of hydrogen-bond donors (Lipinski definition) is 1. The van der Waals surface area contributed by atoms with Crippen molar-refractivity contribution in [3.8, 4) is 5.75 Å². The fourth-order valence-corrected chi connectivity index (χ4v) is 2.44. The number of methoxy groups -OCH3 is 1. The summed E-state index contributed by atoms with van der Waals surface area (Å²) in [6, 6.07) is 5.80. The van der Waals surface area contributed by atoms with Crippen LogP contribution in [0.15, 0.2) is 30.4 Å². The van der Waals surface area contributed by atoms with Gasteiger partial charge in [0.1, 0.15) is 11.9 Å². The summed E-state index contributed by atoms with van der Waals surface area (Å²) in [4.78, 5) is 0. The smallest absolute Gasteiger partial charge is 0.124 e. The molecule has 1 aromatic rings. The molecule has 0 amide bonds. The molecule has 1 aliphatic carbocycles. The van der Waals surface area contributed by atoms with Crippen molar-refractivity contribution in [2.75, 3.05) is 20.3 Å². The van der Waals surface area contributed by atoms with E-state index in [1.165, 1.54) is 6.42 Å². The fraction of sp³-hybridized carbons (Fsp3) is 0.500. The lowest BCUT2D eigenvalue weighted by Crippen LogP contribution is -2.21. The molecule has 0 aromatic heterocycles. The molecule has 1 aliphatic rings. The molecular formula is C16H22ClNO2. The number of hydrogen-bond acceptors (Lipinski definition) is 3. The fourth-order valence-electron chi connectivity index (χ4n) is 2.24. The van der Waals surface area contributed by atoms with Crippen LogP contribution >= 0.6 is 11.6 Å². The van der Waals surface area contributed by atoms with E-state index < -0.39 is 0 Å². The van der Waals surface area contributed by atoms with Gasteiger partial charge < -0.3 is 14.8 Å². The summed E-state index contributed by atoms with van der Waals surface area (Å²) in [7, 11) is 1.70. The van der Waals surface area contributed by atoms with Crippen molar-refractivity contribution in [2.24, 2.45) is 0 Å². The van der Waals surface area contributed by atoms with Crippen molar-refractivity contribution in [1.29, 1.82) is 0 Å². The summed E-state index contributed by atoms with van der Waals surface area (Å²) in [5.74, 6) is 0.913. The third kappa shape index (κ3) is 4.82. The first-order valence-corrected chi connectivity index (χ1v) is 7.49. The molecule has 4 heteroatoms. The van der Waals surface area contributed by atoms with Crippen molar-refractivity contribution < 1.29 is 9.47 Å². The SMILES string of the molecule is COCCNCc1cc(Cl)ccc1OC1C=CCCC1. The molecular weight excluding hydrogens is 274 g/mol. The Morgan fingerprint density at radius 3 is 3.05 bits per heavy atom. The summed E-state index contributed by atoms with van der Waals surface area (Å²) in [5.41, 5.74) is 1.09. The first-order valence-electron chi connectivity index (χ1n) is 7.11. The molecule has 0 fully saturated rings. The average molecular weight is 296 g/mol. The molecule has 0 heterocycles. The van der Waals surface area contributed by atoms with Gasteiger partial charge in [-0.2, -0.15) is 0 Å². The second kappa shape index (κ2) is 8.30. The second-order valence-electron chi connectivity index (χ2n) is 4.94. The van der Waals surface area contributed by atoms with E-state index in [-0.39, 0.29) is 6.10 Å². The van der Waals surface area contributed by atoms with Crippen LogP contribution in [0.2, 0.25) is 5.02 Å². The summed E-state index contributed by atoms with van der Waals surface area (Å²) in [6.45, 7) is 2.24. The van der Waals surface area contributed by atoms with E-state index in [9.17, 15) is 0 Å². The van der Waals surface area contributed by atoms with Crippen LogP contribution in [-0.4, -0.2) is 26.4 Å². The van der Waals surface area contributed by atoms with Crippen molar-refractivity contribution in [2.45, 2.75) is 31.9 Å². The van der Waals surface area contributed by atoms with Crippen LogP contribution in [0.4, 0.5) is 0 Å². The van der Waals surface area contributed by atoms with E-state index in [1.807, 2.05) is 18.2 Å². The van der Waals surface area contributed by atoms with Crippen molar-refractivity contribution in [3.63, 3.8) is 0 Å². The van der Waals surface area contributed by atoms with Crippen LogP contribution in [0.25, 0.3) is 0 Å². The monoisotopic (exact) mass is 295 g/mol. The number of benzene rings is 1. The molecule has 110 valence electrons. The normalized spacial score (nSPS) is 18.2. The van der Waals surface area contributed by atoms with Crippen LogP contribution in [0.1, 0.15) is 24.8 Å². The highest BCUT2D eigenvalue weighted by atomic mass is 35.5. The molecule has 20 heavy (non-hydrogen) atoms. The summed E-state index contributed by atoms with van der Waals surface area (Å²) >= 11 is 6.08. The molecule has 0 bridgehead atoms. The molecule has 1 atom stereocenters. The van der Waals surface area contributed by atoms with Gasteiger partial charge in [0.05, 0.1) is 6.61 Å². The highest BCUT2D eigenvalue weighted by molar-refractivity contribution is 6.30. The maximum absolute atomic E-state index is 6.08. The lowest BCUT2D eigenvalue weighted by Gasteiger charge is -2.21. The van der Waals surface area contributed by atoms with E-state index >= 15 is 0 Å². The summed E-state index contributed by atoms with van der Waals surface area (Å²) in [5, 5.41) is 4.06. The predicted molar refractivity (Wildman–Crippen MR) is 82.4 cm³/mol. The van der Waals surface area contributed by atoms with Crippen LogP contribution in [-0.2, 0) is 11.3 Å². The first kappa shape index (κ1) is 15.4. The zero-order valence-corrected chi connectivity index (χ0v) is 12.7. The highest BCUT2D eigenvalue weighted by Crippen LogP contribution is 2.26. The number of halogens is 1. The molecule has 3 nitrogen and oxygen atoms in total. The van der Waals surface area contributed by atoms with Crippen LogP contribution in [0, 0.1) is 0 Å². The Labute approximate surface area is 125 Å². The van der Waals surface area contributed by atoms with E-state index in [0.29, 0.717) is 6.61 Å². The summed E-state index contributed by atoms with van der Waals surface area (Å²) < 4.78 is 11.1. The molecule has 1 unspecified atom stereocenters. The van der Waals surface area contributed by atoms with Gasteiger partial charge in [-0.05, 0) is 43.5 Å². The second-order valence-corrected chi connectivity index (χ2v) is 5.37. The topological polar surface area (TPSA) is 30.5 Å². The number of ether oxygens (including phenoxy) is 2. The highest BCUT2D eigenvalue weighted by Gasteiger charge is 2.12.